The minimum Gasteiger partial charge on any atom is -0.352 e. The van der Waals surface area contributed by atoms with Crippen LogP contribution in [-0.4, -0.2) is 5.91 Å². The summed E-state index contributed by atoms with van der Waals surface area (Å²) in [7, 11) is 0. The molecular weight excluding hydrogens is 234 g/mol. The van der Waals surface area contributed by atoms with E-state index < -0.39 is 0 Å². The fraction of sp³-hybridized carbons (Fsp3) is 0.500. The van der Waals surface area contributed by atoms with E-state index in [0.717, 1.165) is 24.0 Å². The maximum atomic E-state index is 11.8. The Balaban J connectivity index is 1.86. The topological polar surface area (TPSA) is 29.1 Å². The van der Waals surface area contributed by atoms with Crippen LogP contribution >= 0.6 is 11.6 Å². The van der Waals surface area contributed by atoms with Crippen LogP contribution in [0.2, 0.25) is 0 Å². The van der Waals surface area contributed by atoms with Gasteiger partial charge in [0, 0.05) is 18.3 Å². The first-order valence-corrected chi connectivity index (χ1v) is 6.74. The van der Waals surface area contributed by atoms with Gasteiger partial charge in [0.05, 0.1) is 0 Å². The Bertz CT molecular complexity index is 386. The summed E-state index contributed by atoms with van der Waals surface area (Å²) in [5.74, 6) is 0.967. The number of carbonyl (C=O) groups is 1. The third kappa shape index (κ3) is 3.47. The van der Waals surface area contributed by atoms with Crippen molar-refractivity contribution in [3.8, 4) is 0 Å². The molecule has 0 spiro atoms. The number of hydrogen-bond donors (Lipinski definition) is 1. The van der Waals surface area contributed by atoms with E-state index >= 15 is 0 Å². The van der Waals surface area contributed by atoms with E-state index in [1.54, 1.807) is 0 Å². The Kier molecular flexibility index (Phi) is 4.43. The molecular formula is C14H18ClNO. The second-order valence-corrected chi connectivity index (χ2v) is 4.92. The maximum absolute atomic E-state index is 11.8. The molecule has 0 heterocycles. The smallest absolute Gasteiger partial charge is 0.223 e. The van der Waals surface area contributed by atoms with Gasteiger partial charge in [0.25, 0.3) is 0 Å². The van der Waals surface area contributed by atoms with Crippen molar-refractivity contribution in [2.24, 2.45) is 5.92 Å². The Morgan fingerprint density at radius 3 is 2.71 bits per heavy atom. The van der Waals surface area contributed by atoms with Crippen molar-refractivity contribution in [3.63, 3.8) is 0 Å². The highest BCUT2D eigenvalue weighted by Crippen LogP contribution is 2.24. The van der Waals surface area contributed by atoms with Gasteiger partial charge in [-0.25, -0.2) is 0 Å². The largest absolute Gasteiger partial charge is 0.352 e. The highest BCUT2D eigenvalue weighted by atomic mass is 35.5. The van der Waals surface area contributed by atoms with Crippen LogP contribution in [-0.2, 0) is 17.2 Å². The first-order chi connectivity index (χ1) is 8.29. The minimum atomic E-state index is 0.207. The molecule has 0 bridgehead atoms. The van der Waals surface area contributed by atoms with Crippen LogP contribution in [0.4, 0.5) is 0 Å². The van der Waals surface area contributed by atoms with E-state index in [1.807, 2.05) is 24.3 Å². The lowest BCUT2D eigenvalue weighted by atomic mass is 10.1. The number of nitrogens with one attached hydrogen (secondary N) is 1. The predicted molar refractivity (Wildman–Crippen MR) is 69.8 cm³/mol. The third-order valence-corrected chi connectivity index (χ3v) is 3.65. The molecule has 2 rings (SSSR count). The lowest BCUT2D eigenvalue weighted by Gasteiger charge is -2.10. The minimum absolute atomic E-state index is 0.207. The van der Waals surface area contributed by atoms with Crippen LogP contribution in [0.1, 0.15) is 36.8 Å². The number of alkyl halides is 1. The van der Waals surface area contributed by atoms with Gasteiger partial charge in [-0.3, -0.25) is 4.79 Å². The molecule has 0 atom stereocenters. The summed E-state index contributed by atoms with van der Waals surface area (Å²) in [6, 6.07) is 8.04. The molecule has 3 heteroatoms. The van der Waals surface area contributed by atoms with Gasteiger partial charge in [0.15, 0.2) is 0 Å². The zero-order valence-corrected chi connectivity index (χ0v) is 10.7. The number of benzene rings is 1. The van der Waals surface area contributed by atoms with E-state index in [4.69, 9.17) is 11.6 Å². The standard InChI is InChI=1S/C14H18ClNO/c15-9-11-4-3-5-12(8-11)10-16-14(17)13-6-1-2-7-13/h3-5,8,13H,1-2,6-7,9-10H2,(H,16,17). The van der Waals surface area contributed by atoms with E-state index in [9.17, 15) is 4.79 Å². The second kappa shape index (κ2) is 6.06. The lowest BCUT2D eigenvalue weighted by molar-refractivity contribution is -0.124. The van der Waals surface area contributed by atoms with Crippen LogP contribution < -0.4 is 5.32 Å². The summed E-state index contributed by atoms with van der Waals surface area (Å²) in [5, 5.41) is 3.01. The highest BCUT2D eigenvalue weighted by molar-refractivity contribution is 6.17. The normalized spacial score (nSPS) is 16.1. The molecule has 0 saturated heterocycles. The van der Waals surface area contributed by atoms with Gasteiger partial charge >= 0.3 is 0 Å². The number of rotatable bonds is 4. The molecule has 1 aliphatic carbocycles. The maximum Gasteiger partial charge on any atom is 0.223 e. The van der Waals surface area contributed by atoms with Gasteiger partial charge in [-0.1, -0.05) is 37.1 Å². The Hall–Kier alpha value is -1.02. The van der Waals surface area contributed by atoms with Gasteiger partial charge in [-0.2, -0.15) is 0 Å². The molecule has 0 radical (unpaired) electrons. The summed E-state index contributed by atoms with van der Waals surface area (Å²) >= 11 is 5.78. The van der Waals surface area contributed by atoms with Crippen LogP contribution in [0.25, 0.3) is 0 Å². The molecule has 0 unspecified atom stereocenters. The fourth-order valence-electron chi connectivity index (χ4n) is 2.34. The van der Waals surface area contributed by atoms with Crippen LogP contribution in [0.15, 0.2) is 24.3 Å². The van der Waals surface area contributed by atoms with Crippen LogP contribution in [0.3, 0.4) is 0 Å². The van der Waals surface area contributed by atoms with Crippen molar-refractivity contribution >= 4 is 17.5 Å². The number of amides is 1. The zero-order chi connectivity index (χ0) is 12.1. The highest BCUT2D eigenvalue weighted by Gasteiger charge is 2.21. The van der Waals surface area contributed by atoms with Crippen molar-refractivity contribution in [1.82, 2.24) is 5.32 Å². The molecule has 0 aliphatic heterocycles. The van der Waals surface area contributed by atoms with Crippen molar-refractivity contribution in [2.75, 3.05) is 0 Å². The second-order valence-electron chi connectivity index (χ2n) is 4.65. The summed E-state index contributed by atoms with van der Waals surface area (Å²) < 4.78 is 0. The first kappa shape index (κ1) is 12.4. The molecule has 92 valence electrons. The number of carbonyl (C=O) groups excluding carboxylic acids is 1. The van der Waals surface area contributed by atoms with E-state index in [-0.39, 0.29) is 11.8 Å². The van der Waals surface area contributed by atoms with Gasteiger partial charge < -0.3 is 5.32 Å². The molecule has 1 aliphatic rings. The summed E-state index contributed by atoms with van der Waals surface area (Å²) in [6.07, 6.45) is 4.49. The van der Waals surface area contributed by atoms with Crippen molar-refractivity contribution in [2.45, 2.75) is 38.1 Å². The Labute approximate surface area is 107 Å². The molecule has 17 heavy (non-hydrogen) atoms. The fourth-order valence-corrected chi connectivity index (χ4v) is 2.51. The molecule has 2 nitrogen and oxygen atoms in total. The summed E-state index contributed by atoms with van der Waals surface area (Å²) in [5.41, 5.74) is 2.22. The Morgan fingerprint density at radius 2 is 2.00 bits per heavy atom. The SMILES string of the molecule is O=C(NCc1cccc(CCl)c1)C1CCCC1. The monoisotopic (exact) mass is 251 g/mol. The zero-order valence-electron chi connectivity index (χ0n) is 9.92. The average molecular weight is 252 g/mol. The van der Waals surface area contributed by atoms with Crippen molar-refractivity contribution in [3.05, 3.63) is 35.4 Å². The van der Waals surface area contributed by atoms with Gasteiger partial charge in [-0.05, 0) is 24.0 Å². The van der Waals surface area contributed by atoms with E-state index in [2.05, 4.69) is 5.32 Å². The molecule has 1 aromatic carbocycles. The third-order valence-electron chi connectivity index (χ3n) is 3.34. The first-order valence-electron chi connectivity index (χ1n) is 6.21. The van der Waals surface area contributed by atoms with Gasteiger partial charge in [0.1, 0.15) is 0 Å². The summed E-state index contributed by atoms with van der Waals surface area (Å²) in [6.45, 7) is 0.611. The predicted octanol–water partition coefficient (Wildman–Crippen LogP) is 3.23. The molecule has 1 amide bonds. The van der Waals surface area contributed by atoms with Gasteiger partial charge in [0.2, 0.25) is 5.91 Å². The van der Waals surface area contributed by atoms with Gasteiger partial charge in [-0.15, -0.1) is 11.6 Å². The Morgan fingerprint density at radius 1 is 1.29 bits per heavy atom. The quantitative estimate of drug-likeness (QED) is 0.818. The number of halogens is 1. The number of hydrogen-bond acceptors (Lipinski definition) is 1. The molecule has 1 aromatic rings. The lowest BCUT2D eigenvalue weighted by Crippen LogP contribution is -2.28. The summed E-state index contributed by atoms with van der Waals surface area (Å²) in [4.78, 5) is 11.8. The average Bonchev–Trinajstić information content (AvgIpc) is 2.90. The van der Waals surface area contributed by atoms with Crippen molar-refractivity contribution < 1.29 is 4.79 Å². The molecule has 1 saturated carbocycles. The van der Waals surface area contributed by atoms with E-state index in [1.165, 1.54) is 12.8 Å². The molecule has 1 fully saturated rings. The van der Waals surface area contributed by atoms with E-state index in [0.29, 0.717) is 12.4 Å². The molecule has 1 N–H and O–H groups in total. The van der Waals surface area contributed by atoms with Crippen LogP contribution in [0, 0.1) is 5.92 Å². The molecule has 0 aromatic heterocycles. The van der Waals surface area contributed by atoms with Crippen LogP contribution in [0.5, 0.6) is 0 Å². The van der Waals surface area contributed by atoms with Crippen molar-refractivity contribution in [1.29, 1.82) is 0 Å².